The van der Waals surface area contributed by atoms with Gasteiger partial charge < -0.3 is 14.9 Å². The summed E-state index contributed by atoms with van der Waals surface area (Å²) in [5, 5.41) is 4.98. The van der Waals surface area contributed by atoms with Crippen LogP contribution in [0.1, 0.15) is 20.8 Å². The minimum absolute atomic E-state index is 0.102. The summed E-state index contributed by atoms with van der Waals surface area (Å²) >= 11 is 0. The largest absolute Gasteiger partial charge is 0.383 e. The summed E-state index contributed by atoms with van der Waals surface area (Å²) in [5.74, 6) is -0.199. The molecule has 0 bridgehead atoms. The van der Waals surface area contributed by atoms with Gasteiger partial charge in [-0.05, 0) is 20.8 Å². The monoisotopic (exact) mass is 230 g/mol. The second-order valence-corrected chi connectivity index (χ2v) is 5.08. The predicted octanol–water partition coefficient (Wildman–Crippen LogP) is 0.411. The van der Waals surface area contributed by atoms with Gasteiger partial charge in [-0.15, -0.1) is 5.06 Å². The molecular weight excluding hydrogens is 208 g/mol. The molecule has 0 aromatic rings. The van der Waals surface area contributed by atoms with Gasteiger partial charge in [0, 0.05) is 26.7 Å². The van der Waals surface area contributed by atoms with Gasteiger partial charge in [-0.3, -0.25) is 0 Å². The lowest BCUT2D eigenvalue weighted by molar-refractivity contribution is -0.218. The zero-order valence-electron chi connectivity index (χ0n) is 10.6. The van der Waals surface area contributed by atoms with Crippen molar-refractivity contribution in [2.45, 2.75) is 26.8 Å². The average Bonchev–Trinajstić information content (AvgIpc) is 2.20. The standard InChI is InChI=1S/C11H22N2O3/c1-11(2,3)10(14)16-13-6-5-12-7-9(13)8-15-4/h9,12H,5-8H2,1-4H3/t9-/m1/s1. The summed E-state index contributed by atoms with van der Waals surface area (Å²) < 4.78 is 5.11. The molecule has 5 nitrogen and oxygen atoms in total. The quantitative estimate of drug-likeness (QED) is 0.761. The van der Waals surface area contributed by atoms with Crippen molar-refractivity contribution in [3.63, 3.8) is 0 Å². The smallest absolute Gasteiger partial charge is 0.330 e. The molecule has 1 aliphatic rings. The van der Waals surface area contributed by atoms with E-state index in [9.17, 15) is 4.79 Å². The average molecular weight is 230 g/mol. The summed E-state index contributed by atoms with van der Waals surface area (Å²) in [6.45, 7) is 8.43. The van der Waals surface area contributed by atoms with Crippen molar-refractivity contribution >= 4 is 5.97 Å². The number of hydroxylamine groups is 2. The molecule has 1 N–H and O–H groups in total. The molecule has 5 heteroatoms. The normalized spacial score (nSPS) is 23.1. The first-order valence-electron chi connectivity index (χ1n) is 5.64. The maximum absolute atomic E-state index is 11.8. The third kappa shape index (κ3) is 3.73. The van der Waals surface area contributed by atoms with Crippen LogP contribution in [0, 0.1) is 5.41 Å². The van der Waals surface area contributed by atoms with Crippen molar-refractivity contribution in [3.05, 3.63) is 0 Å². The van der Waals surface area contributed by atoms with E-state index in [1.54, 1.807) is 12.2 Å². The van der Waals surface area contributed by atoms with Gasteiger partial charge in [0.25, 0.3) is 0 Å². The minimum Gasteiger partial charge on any atom is -0.383 e. The van der Waals surface area contributed by atoms with Crippen LogP contribution in [0.5, 0.6) is 0 Å². The molecule has 1 rings (SSSR count). The van der Waals surface area contributed by atoms with Crippen molar-refractivity contribution in [2.75, 3.05) is 33.4 Å². The van der Waals surface area contributed by atoms with E-state index in [2.05, 4.69) is 5.32 Å². The molecule has 0 spiro atoms. The Labute approximate surface area is 97.0 Å². The zero-order chi connectivity index (χ0) is 12.2. The van der Waals surface area contributed by atoms with Crippen LogP contribution in [0.4, 0.5) is 0 Å². The lowest BCUT2D eigenvalue weighted by Gasteiger charge is -2.35. The minimum atomic E-state index is -0.470. The highest BCUT2D eigenvalue weighted by Crippen LogP contribution is 2.17. The van der Waals surface area contributed by atoms with Crippen LogP contribution in [0.25, 0.3) is 0 Å². The Morgan fingerprint density at radius 2 is 2.19 bits per heavy atom. The van der Waals surface area contributed by atoms with E-state index in [4.69, 9.17) is 9.57 Å². The first-order chi connectivity index (χ1) is 7.45. The van der Waals surface area contributed by atoms with E-state index in [0.717, 1.165) is 13.1 Å². The number of nitrogens with one attached hydrogen (secondary N) is 1. The van der Waals surface area contributed by atoms with Gasteiger partial charge in [-0.2, -0.15) is 0 Å². The summed E-state index contributed by atoms with van der Waals surface area (Å²) in [5.41, 5.74) is -0.470. The first-order valence-corrected chi connectivity index (χ1v) is 5.64. The molecule has 1 fully saturated rings. The maximum atomic E-state index is 11.8. The molecule has 0 unspecified atom stereocenters. The van der Waals surface area contributed by atoms with Crippen LogP contribution < -0.4 is 5.32 Å². The molecule has 0 aromatic carbocycles. The summed E-state index contributed by atoms with van der Waals surface area (Å²) in [7, 11) is 1.65. The van der Waals surface area contributed by atoms with Gasteiger partial charge in [-0.25, -0.2) is 4.79 Å². The van der Waals surface area contributed by atoms with Crippen LogP contribution in [-0.2, 0) is 14.4 Å². The fourth-order valence-electron chi connectivity index (χ4n) is 1.44. The fraction of sp³-hybridized carbons (Fsp3) is 0.909. The van der Waals surface area contributed by atoms with Crippen molar-refractivity contribution in [1.82, 2.24) is 10.4 Å². The van der Waals surface area contributed by atoms with Crippen LogP contribution >= 0.6 is 0 Å². The van der Waals surface area contributed by atoms with Gasteiger partial charge in [0.05, 0.1) is 18.1 Å². The Balaban J connectivity index is 2.52. The Morgan fingerprint density at radius 1 is 1.50 bits per heavy atom. The van der Waals surface area contributed by atoms with Crippen molar-refractivity contribution in [1.29, 1.82) is 0 Å². The summed E-state index contributed by atoms with van der Waals surface area (Å²) in [4.78, 5) is 17.2. The number of piperazine rings is 1. The van der Waals surface area contributed by atoms with Gasteiger partial charge in [-0.1, -0.05) is 0 Å². The van der Waals surface area contributed by atoms with Gasteiger partial charge in [0.2, 0.25) is 0 Å². The lowest BCUT2D eigenvalue weighted by Crippen LogP contribution is -2.54. The number of nitrogens with zero attached hydrogens (tertiary/aromatic N) is 1. The van der Waals surface area contributed by atoms with Crippen LogP contribution in [0.3, 0.4) is 0 Å². The van der Waals surface area contributed by atoms with Gasteiger partial charge in [0.1, 0.15) is 0 Å². The summed E-state index contributed by atoms with van der Waals surface area (Å²) in [6, 6.07) is 0.102. The number of carbonyl (C=O) groups excluding carboxylic acids is 1. The number of methoxy groups -OCH3 is 1. The Hall–Kier alpha value is -0.650. The molecule has 1 aliphatic heterocycles. The SMILES string of the molecule is COC[C@H]1CNCCN1OC(=O)C(C)(C)C. The molecule has 1 atom stereocenters. The lowest BCUT2D eigenvalue weighted by atomic mass is 9.98. The predicted molar refractivity (Wildman–Crippen MR) is 60.8 cm³/mol. The first kappa shape index (κ1) is 13.4. The molecule has 0 aromatic heterocycles. The highest BCUT2D eigenvalue weighted by atomic mass is 16.7. The number of hydrogen-bond donors (Lipinski definition) is 1. The highest BCUT2D eigenvalue weighted by Gasteiger charge is 2.30. The number of ether oxygens (including phenoxy) is 1. The molecule has 0 amide bonds. The fourth-order valence-corrected chi connectivity index (χ4v) is 1.44. The zero-order valence-corrected chi connectivity index (χ0v) is 10.6. The number of hydrogen-bond acceptors (Lipinski definition) is 5. The van der Waals surface area contributed by atoms with Crippen LogP contribution in [-0.4, -0.2) is 50.4 Å². The molecule has 0 radical (unpaired) electrons. The van der Waals surface area contributed by atoms with E-state index in [0.29, 0.717) is 13.2 Å². The Bertz CT molecular complexity index is 236. The molecule has 0 aliphatic carbocycles. The van der Waals surface area contributed by atoms with E-state index < -0.39 is 5.41 Å². The molecule has 16 heavy (non-hydrogen) atoms. The van der Waals surface area contributed by atoms with Crippen LogP contribution in [0.15, 0.2) is 0 Å². The second kappa shape index (κ2) is 5.61. The van der Waals surface area contributed by atoms with E-state index >= 15 is 0 Å². The molecule has 1 heterocycles. The van der Waals surface area contributed by atoms with E-state index in [-0.39, 0.29) is 12.0 Å². The molecular formula is C11H22N2O3. The van der Waals surface area contributed by atoms with Crippen molar-refractivity contribution < 1.29 is 14.4 Å². The third-order valence-electron chi connectivity index (χ3n) is 2.47. The van der Waals surface area contributed by atoms with Gasteiger partial charge >= 0.3 is 5.97 Å². The van der Waals surface area contributed by atoms with E-state index in [1.165, 1.54) is 0 Å². The maximum Gasteiger partial charge on any atom is 0.330 e. The van der Waals surface area contributed by atoms with E-state index in [1.807, 2.05) is 20.8 Å². The second-order valence-electron chi connectivity index (χ2n) is 5.08. The Kier molecular flexibility index (Phi) is 4.70. The summed E-state index contributed by atoms with van der Waals surface area (Å²) in [6.07, 6.45) is 0. The third-order valence-corrected chi connectivity index (χ3v) is 2.47. The topological polar surface area (TPSA) is 50.8 Å². The Morgan fingerprint density at radius 3 is 2.75 bits per heavy atom. The van der Waals surface area contributed by atoms with Crippen LogP contribution in [0.2, 0.25) is 0 Å². The van der Waals surface area contributed by atoms with Crippen molar-refractivity contribution in [3.8, 4) is 0 Å². The molecule has 0 saturated carbocycles. The van der Waals surface area contributed by atoms with Gasteiger partial charge in [0.15, 0.2) is 0 Å². The molecule has 94 valence electrons. The van der Waals surface area contributed by atoms with Crippen molar-refractivity contribution in [2.24, 2.45) is 5.41 Å². The molecule has 1 saturated heterocycles. The highest BCUT2D eigenvalue weighted by molar-refractivity contribution is 5.75. The number of rotatable bonds is 3. The number of carbonyl (C=O) groups is 1.